The molecule has 0 aliphatic carbocycles. The molecule has 0 aromatic heterocycles. The Kier molecular flexibility index (Phi) is 5.51. The van der Waals surface area contributed by atoms with E-state index in [9.17, 15) is 9.18 Å². The molecule has 21 heavy (non-hydrogen) atoms. The summed E-state index contributed by atoms with van der Waals surface area (Å²) >= 11 is 1.46. The maximum Gasteiger partial charge on any atom is 0.253 e. The van der Waals surface area contributed by atoms with Crippen LogP contribution in [-0.2, 0) is 4.79 Å². The number of nitrogens with one attached hydrogen (secondary N) is 1. The maximum absolute atomic E-state index is 12.7. The van der Waals surface area contributed by atoms with E-state index in [-0.39, 0.29) is 17.0 Å². The number of hydrazone groups is 1. The fourth-order valence-corrected chi connectivity index (χ4v) is 2.45. The Balaban J connectivity index is 1.85. The number of nitrogens with zero attached hydrogens (tertiary/aromatic N) is 1. The van der Waals surface area contributed by atoms with Crippen molar-refractivity contribution in [3.63, 3.8) is 0 Å². The maximum atomic E-state index is 12.7. The molecule has 1 N–H and O–H groups in total. The average molecular weight is 302 g/mol. The summed E-state index contributed by atoms with van der Waals surface area (Å²) in [5, 5.41) is 3.62. The number of thioether (sulfide) groups is 1. The summed E-state index contributed by atoms with van der Waals surface area (Å²) in [6, 6.07) is 15.6. The van der Waals surface area contributed by atoms with E-state index in [0.29, 0.717) is 0 Å². The van der Waals surface area contributed by atoms with Crippen LogP contribution in [0.25, 0.3) is 0 Å². The summed E-state index contributed by atoms with van der Waals surface area (Å²) in [6.07, 6.45) is 1.48. The molecule has 0 saturated heterocycles. The van der Waals surface area contributed by atoms with Crippen LogP contribution in [0.2, 0.25) is 0 Å². The third-order valence-electron chi connectivity index (χ3n) is 2.68. The number of halogens is 1. The van der Waals surface area contributed by atoms with Gasteiger partial charge >= 0.3 is 0 Å². The van der Waals surface area contributed by atoms with Crippen molar-refractivity contribution >= 4 is 23.9 Å². The van der Waals surface area contributed by atoms with Gasteiger partial charge in [0.05, 0.1) is 11.5 Å². The molecule has 5 heteroatoms. The summed E-state index contributed by atoms with van der Waals surface area (Å²) in [4.78, 5) is 12.9. The van der Waals surface area contributed by atoms with Crippen molar-refractivity contribution < 1.29 is 9.18 Å². The second kappa shape index (κ2) is 7.59. The van der Waals surface area contributed by atoms with E-state index in [0.717, 1.165) is 10.5 Å². The van der Waals surface area contributed by atoms with Crippen molar-refractivity contribution in [3.8, 4) is 0 Å². The molecule has 0 fully saturated rings. The Morgan fingerprint density at radius 1 is 1.19 bits per heavy atom. The molecule has 2 aromatic carbocycles. The molecule has 0 heterocycles. The topological polar surface area (TPSA) is 41.5 Å². The highest BCUT2D eigenvalue weighted by Crippen LogP contribution is 2.22. The molecular weight excluding hydrogens is 287 g/mol. The van der Waals surface area contributed by atoms with Crippen molar-refractivity contribution in [2.24, 2.45) is 5.10 Å². The van der Waals surface area contributed by atoms with Gasteiger partial charge < -0.3 is 0 Å². The van der Waals surface area contributed by atoms with E-state index < -0.39 is 0 Å². The lowest BCUT2D eigenvalue weighted by Crippen LogP contribution is -2.26. The highest BCUT2D eigenvalue weighted by molar-refractivity contribution is 8.00. The first kappa shape index (κ1) is 15.3. The van der Waals surface area contributed by atoms with E-state index in [1.165, 1.54) is 30.1 Å². The van der Waals surface area contributed by atoms with Crippen LogP contribution in [0.5, 0.6) is 0 Å². The van der Waals surface area contributed by atoms with E-state index in [1.807, 2.05) is 37.3 Å². The lowest BCUT2D eigenvalue weighted by atomic mass is 10.2. The minimum Gasteiger partial charge on any atom is -0.272 e. The highest BCUT2D eigenvalue weighted by atomic mass is 32.2. The Morgan fingerprint density at radius 3 is 2.52 bits per heavy atom. The Bertz CT molecular complexity index is 614. The van der Waals surface area contributed by atoms with Crippen LogP contribution in [0.3, 0.4) is 0 Å². The van der Waals surface area contributed by atoms with Gasteiger partial charge in [-0.25, -0.2) is 9.82 Å². The number of carbonyl (C=O) groups is 1. The number of amides is 1. The van der Waals surface area contributed by atoms with Gasteiger partial charge in [0.15, 0.2) is 0 Å². The molecule has 2 rings (SSSR count). The molecule has 1 atom stereocenters. The molecule has 2 aromatic rings. The van der Waals surface area contributed by atoms with Gasteiger partial charge in [-0.2, -0.15) is 5.10 Å². The molecule has 1 amide bonds. The normalized spacial score (nSPS) is 12.3. The van der Waals surface area contributed by atoms with Crippen molar-refractivity contribution in [2.75, 3.05) is 0 Å². The van der Waals surface area contributed by atoms with Crippen LogP contribution in [0.4, 0.5) is 4.39 Å². The zero-order valence-corrected chi connectivity index (χ0v) is 12.3. The van der Waals surface area contributed by atoms with Crippen molar-refractivity contribution in [3.05, 3.63) is 66.0 Å². The molecule has 0 bridgehead atoms. The van der Waals surface area contributed by atoms with E-state index in [4.69, 9.17) is 0 Å². The molecule has 0 radical (unpaired) electrons. The van der Waals surface area contributed by atoms with Gasteiger partial charge in [0.2, 0.25) is 0 Å². The second-order valence-corrected chi connectivity index (χ2v) is 5.77. The third-order valence-corrected chi connectivity index (χ3v) is 3.80. The van der Waals surface area contributed by atoms with Crippen LogP contribution in [-0.4, -0.2) is 17.4 Å². The van der Waals surface area contributed by atoms with Gasteiger partial charge in [-0.15, -0.1) is 11.8 Å². The zero-order chi connectivity index (χ0) is 15.1. The number of hydrogen-bond acceptors (Lipinski definition) is 3. The molecule has 0 aliphatic rings. The van der Waals surface area contributed by atoms with Crippen LogP contribution < -0.4 is 5.43 Å². The molecule has 0 unspecified atom stereocenters. The summed E-state index contributed by atoms with van der Waals surface area (Å²) < 4.78 is 12.7. The van der Waals surface area contributed by atoms with Crippen molar-refractivity contribution in [2.45, 2.75) is 17.1 Å². The summed E-state index contributed by atoms with van der Waals surface area (Å²) in [5.41, 5.74) is 3.20. The Hall–Kier alpha value is -2.14. The number of rotatable bonds is 5. The van der Waals surface area contributed by atoms with Gasteiger partial charge in [0.25, 0.3) is 5.91 Å². The SMILES string of the molecule is C[C@@H](Sc1ccccc1)C(=O)N/N=C\c1ccc(F)cc1. The Labute approximate surface area is 127 Å². The zero-order valence-electron chi connectivity index (χ0n) is 11.5. The highest BCUT2D eigenvalue weighted by Gasteiger charge is 2.13. The minimum atomic E-state index is -0.302. The first-order valence-electron chi connectivity index (χ1n) is 6.45. The van der Waals surface area contributed by atoms with Crippen LogP contribution in [0.15, 0.2) is 64.6 Å². The van der Waals surface area contributed by atoms with Gasteiger partial charge in [0.1, 0.15) is 5.82 Å². The van der Waals surface area contributed by atoms with E-state index in [1.54, 1.807) is 12.1 Å². The van der Waals surface area contributed by atoms with Crippen LogP contribution in [0.1, 0.15) is 12.5 Å². The van der Waals surface area contributed by atoms with Gasteiger partial charge in [0, 0.05) is 4.90 Å². The van der Waals surface area contributed by atoms with Crippen molar-refractivity contribution in [1.82, 2.24) is 5.43 Å². The fraction of sp³-hybridized carbons (Fsp3) is 0.125. The molecule has 0 saturated carbocycles. The summed E-state index contributed by atoms with van der Waals surface area (Å²) in [7, 11) is 0. The quantitative estimate of drug-likeness (QED) is 0.522. The van der Waals surface area contributed by atoms with Crippen LogP contribution in [0, 0.1) is 5.82 Å². The standard InChI is InChI=1S/C16H15FN2OS/c1-12(21-15-5-3-2-4-6-15)16(20)19-18-11-13-7-9-14(17)10-8-13/h2-12H,1H3,(H,19,20)/b18-11-/t12-/m1/s1. The fourth-order valence-electron chi connectivity index (χ4n) is 1.57. The smallest absolute Gasteiger partial charge is 0.253 e. The number of hydrogen-bond donors (Lipinski definition) is 1. The Morgan fingerprint density at radius 2 is 1.86 bits per heavy atom. The molecule has 108 valence electrons. The summed E-state index contributed by atoms with van der Waals surface area (Å²) in [5.74, 6) is -0.480. The predicted octanol–water partition coefficient (Wildman–Crippen LogP) is 3.46. The van der Waals surface area contributed by atoms with Gasteiger partial charge in [-0.1, -0.05) is 30.3 Å². The average Bonchev–Trinajstić information content (AvgIpc) is 2.50. The lowest BCUT2D eigenvalue weighted by Gasteiger charge is -2.08. The van der Waals surface area contributed by atoms with Crippen molar-refractivity contribution in [1.29, 1.82) is 0 Å². The van der Waals surface area contributed by atoms with Gasteiger partial charge in [-0.3, -0.25) is 4.79 Å². The molecule has 0 spiro atoms. The largest absolute Gasteiger partial charge is 0.272 e. The first-order valence-corrected chi connectivity index (χ1v) is 7.33. The third kappa shape index (κ3) is 5.04. The first-order chi connectivity index (χ1) is 10.1. The van der Waals surface area contributed by atoms with E-state index >= 15 is 0 Å². The minimum absolute atomic E-state index is 0.179. The monoisotopic (exact) mass is 302 g/mol. The van der Waals surface area contributed by atoms with Gasteiger partial charge in [-0.05, 0) is 36.8 Å². The molecule has 0 aliphatic heterocycles. The number of carbonyl (C=O) groups excluding carboxylic acids is 1. The lowest BCUT2D eigenvalue weighted by molar-refractivity contribution is -0.120. The molecule has 3 nitrogen and oxygen atoms in total. The predicted molar refractivity (Wildman–Crippen MR) is 83.9 cm³/mol. The number of benzene rings is 2. The molecular formula is C16H15FN2OS. The van der Waals surface area contributed by atoms with E-state index in [2.05, 4.69) is 10.5 Å². The second-order valence-electron chi connectivity index (χ2n) is 4.36. The van der Waals surface area contributed by atoms with Crippen LogP contribution >= 0.6 is 11.8 Å². The summed E-state index contributed by atoms with van der Waals surface area (Å²) in [6.45, 7) is 1.82.